The summed E-state index contributed by atoms with van der Waals surface area (Å²) < 4.78 is 5.49. The zero-order valence-corrected chi connectivity index (χ0v) is 11.3. The summed E-state index contributed by atoms with van der Waals surface area (Å²) in [5.41, 5.74) is 1.48. The van der Waals surface area contributed by atoms with Gasteiger partial charge >= 0.3 is 0 Å². The van der Waals surface area contributed by atoms with Crippen LogP contribution in [0.3, 0.4) is 0 Å². The van der Waals surface area contributed by atoms with E-state index in [4.69, 9.17) is 4.42 Å². The number of furan rings is 1. The average Bonchev–Trinajstić information content (AvgIpc) is 3.12. The van der Waals surface area contributed by atoms with Crippen molar-refractivity contribution >= 4 is 16.9 Å². The normalized spacial score (nSPS) is 25.9. The van der Waals surface area contributed by atoms with Crippen LogP contribution in [0.1, 0.15) is 23.2 Å². The zero-order chi connectivity index (χ0) is 13.5. The molecule has 1 N–H and O–H groups in total. The second-order valence-electron chi connectivity index (χ2n) is 5.79. The number of para-hydroxylation sites is 1. The van der Waals surface area contributed by atoms with Crippen molar-refractivity contribution in [3.63, 3.8) is 0 Å². The Morgan fingerprint density at radius 1 is 1.30 bits per heavy atom. The highest BCUT2D eigenvalue weighted by Crippen LogP contribution is 2.28. The molecule has 2 unspecified atom stereocenters. The van der Waals surface area contributed by atoms with Crippen LogP contribution in [0.4, 0.5) is 0 Å². The lowest BCUT2D eigenvalue weighted by Gasteiger charge is -2.34. The van der Waals surface area contributed by atoms with Gasteiger partial charge in [-0.2, -0.15) is 0 Å². The lowest BCUT2D eigenvalue weighted by atomic mass is 9.93. The van der Waals surface area contributed by atoms with Gasteiger partial charge in [0.15, 0.2) is 0 Å². The number of carbonyl (C=O) groups is 1. The van der Waals surface area contributed by atoms with Crippen LogP contribution in [0.5, 0.6) is 0 Å². The molecule has 0 spiro atoms. The quantitative estimate of drug-likeness (QED) is 0.864. The Morgan fingerprint density at radius 3 is 3.15 bits per heavy atom. The average molecular weight is 270 g/mol. The van der Waals surface area contributed by atoms with Crippen LogP contribution in [0.2, 0.25) is 0 Å². The highest BCUT2D eigenvalue weighted by Gasteiger charge is 2.35. The molecule has 2 fully saturated rings. The topological polar surface area (TPSA) is 45.5 Å². The Labute approximate surface area is 117 Å². The van der Waals surface area contributed by atoms with E-state index in [2.05, 4.69) is 5.32 Å². The number of nitrogens with one attached hydrogen (secondary N) is 1. The summed E-state index contributed by atoms with van der Waals surface area (Å²) in [6.07, 6.45) is 3.85. The molecule has 3 heterocycles. The predicted octanol–water partition coefficient (Wildman–Crippen LogP) is 2.26. The van der Waals surface area contributed by atoms with Gasteiger partial charge in [0, 0.05) is 24.5 Å². The SMILES string of the molecule is O=C(c1coc2ccccc12)N1CCC2NCCC2C1. The minimum absolute atomic E-state index is 0.111. The fourth-order valence-corrected chi connectivity index (χ4v) is 3.55. The van der Waals surface area contributed by atoms with Crippen molar-refractivity contribution < 1.29 is 9.21 Å². The van der Waals surface area contributed by atoms with E-state index in [1.54, 1.807) is 6.26 Å². The molecule has 20 heavy (non-hydrogen) atoms. The molecule has 2 aliphatic rings. The Kier molecular flexibility index (Phi) is 2.77. The highest BCUT2D eigenvalue weighted by molar-refractivity contribution is 6.05. The van der Waals surface area contributed by atoms with Crippen LogP contribution in [-0.2, 0) is 0 Å². The fourth-order valence-electron chi connectivity index (χ4n) is 3.55. The van der Waals surface area contributed by atoms with Gasteiger partial charge in [0.25, 0.3) is 5.91 Å². The maximum atomic E-state index is 12.7. The van der Waals surface area contributed by atoms with Gasteiger partial charge in [-0.3, -0.25) is 4.79 Å². The number of benzene rings is 1. The Balaban J connectivity index is 1.61. The van der Waals surface area contributed by atoms with Gasteiger partial charge in [-0.05, 0) is 31.4 Å². The van der Waals surface area contributed by atoms with Crippen molar-refractivity contribution in [1.82, 2.24) is 10.2 Å². The molecular formula is C16H18N2O2. The number of fused-ring (bicyclic) bond motifs is 2. The van der Waals surface area contributed by atoms with Crippen LogP contribution in [0.25, 0.3) is 11.0 Å². The molecule has 1 amide bonds. The number of amides is 1. The smallest absolute Gasteiger partial charge is 0.257 e. The maximum absolute atomic E-state index is 12.7. The van der Waals surface area contributed by atoms with E-state index in [0.717, 1.165) is 37.0 Å². The van der Waals surface area contributed by atoms with Gasteiger partial charge in [0.2, 0.25) is 0 Å². The molecule has 0 saturated carbocycles. The van der Waals surface area contributed by atoms with Gasteiger partial charge in [-0.15, -0.1) is 0 Å². The largest absolute Gasteiger partial charge is 0.463 e. The van der Waals surface area contributed by atoms with Crippen molar-refractivity contribution in [3.05, 3.63) is 36.1 Å². The van der Waals surface area contributed by atoms with Crippen LogP contribution in [0.15, 0.2) is 34.9 Å². The first-order valence-corrected chi connectivity index (χ1v) is 7.32. The molecule has 0 bridgehead atoms. The molecular weight excluding hydrogens is 252 g/mol. The first-order valence-electron chi connectivity index (χ1n) is 7.32. The standard InChI is InChI=1S/C16H18N2O2/c19-16(13-10-20-15-4-2-1-3-12(13)15)18-8-6-14-11(9-18)5-7-17-14/h1-4,10-11,14,17H,5-9H2. The summed E-state index contributed by atoms with van der Waals surface area (Å²) in [5, 5.41) is 4.45. The summed E-state index contributed by atoms with van der Waals surface area (Å²) >= 11 is 0. The van der Waals surface area contributed by atoms with E-state index in [1.165, 1.54) is 6.42 Å². The number of rotatable bonds is 1. The van der Waals surface area contributed by atoms with E-state index in [0.29, 0.717) is 17.5 Å². The lowest BCUT2D eigenvalue weighted by molar-refractivity contribution is 0.0663. The molecule has 4 nitrogen and oxygen atoms in total. The zero-order valence-electron chi connectivity index (χ0n) is 11.3. The molecule has 2 aromatic rings. The van der Waals surface area contributed by atoms with Crippen LogP contribution >= 0.6 is 0 Å². The highest BCUT2D eigenvalue weighted by atomic mass is 16.3. The summed E-state index contributed by atoms with van der Waals surface area (Å²) in [7, 11) is 0. The number of nitrogens with zero attached hydrogens (tertiary/aromatic N) is 1. The lowest BCUT2D eigenvalue weighted by Crippen LogP contribution is -2.46. The molecule has 1 aromatic heterocycles. The van der Waals surface area contributed by atoms with Crippen LogP contribution in [0, 0.1) is 5.92 Å². The molecule has 2 atom stereocenters. The fraction of sp³-hybridized carbons (Fsp3) is 0.438. The van der Waals surface area contributed by atoms with Crippen molar-refractivity contribution in [2.24, 2.45) is 5.92 Å². The summed E-state index contributed by atoms with van der Waals surface area (Å²) in [6.45, 7) is 2.80. The van der Waals surface area contributed by atoms with Crippen molar-refractivity contribution in [2.45, 2.75) is 18.9 Å². The van der Waals surface area contributed by atoms with E-state index < -0.39 is 0 Å². The number of hydrogen-bond acceptors (Lipinski definition) is 3. The number of likely N-dealkylation sites (tertiary alicyclic amines) is 1. The predicted molar refractivity (Wildman–Crippen MR) is 76.6 cm³/mol. The van der Waals surface area contributed by atoms with Crippen molar-refractivity contribution in [3.8, 4) is 0 Å². The molecule has 4 rings (SSSR count). The summed E-state index contributed by atoms with van der Waals surface area (Å²) in [5.74, 6) is 0.728. The van der Waals surface area contributed by atoms with Crippen molar-refractivity contribution in [2.75, 3.05) is 19.6 Å². The van der Waals surface area contributed by atoms with Crippen LogP contribution in [-0.4, -0.2) is 36.5 Å². The van der Waals surface area contributed by atoms with Gasteiger partial charge in [-0.1, -0.05) is 18.2 Å². The second kappa shape index (κ2) is 4.63. The third kappa shape index (κ3) is 1.83. The van der Waals surface area contributed by atoms with E-state index in [9.17, 15) is 4.79 Å². The van der Waals surface area contributed by atoms with Gasteiger partial charge in [0.05, 0.1) is 5.56 Å². The Morgan fingerprint density at radius 2 is 2.20 bits per heavy atom. The summed E-state index contributed by atoms with van der Waals surface area (Å²) in [4.78, 5) is 14.7. The monoisotopic (exact) mass is 270 g/mol. The Hall–Kier alpha value is -1.81. The molecule has 2 aliphatic heterocycles. The minimum Gasteiger partial charge on any atom is -0.463 e. The van der Waals surface area contributed by atoms with E-state index in [-0.39, 0.29) is 5.91 Å². The minimum atomic E-state index is 0.111. The first-order chi connectivity index (χ1) is 9.83. The third-order valence-corrected chi connectivity index (χ3v) is 4.65. The summed E-state index contributed by atoms with van der Waals surface area (Å²) in [6, 6.07) is 8.34. The molecule has 104 valence electrons. The molecule has 1 aromatic carbocycles. The number of hydrogen-bond donors (Lipinski definition) is 1. The molecule has 0 radical (unpaired) electrons. The van der Waals surface area contributed by atoms with Gasteiger partial charge in [0.1, 0.15) is 11.8 Å². The van der Waals surface area contributed by atoms with Gasteiger partial charge in [-0.25, -0.2) is 0 Å². The van der Waals surface area contributed by atoms with Crippen LogP contribution < -0.4 is 5.32 Å². The van der Waals surface area contributed by atoms with Crippen molar-refractivity contribution in [1.29, 1.82) is 0 Å². The third-order valence-electron chi connectivity index (χ3n) is 4.65. The molecule has 0 aliphatic carbocycles. The Bertz CT molecular complexity index is 649. The second-order valence-corrected chi connectivity index (χ2v) is 5.79. The molecule has 2 saturated heterocycles. The molecule has 4 heteroatoms. The first kappa shape index (κ1) is 12.0. The van der Waals surface area contributed by atoms with Gasteiger partial charge < -0.3 is 14.6 Å². The number of piperidine rings is 1. The maximum Gasteiger partial charge on any atom is 0.257 e. The number of carbonyl (C=O) groups excluding carboxylic acids is 1. The van der Waals surface area contributed by atoms with E-state index in [1.807, 2.05) is 29.2 Å². The van der Waals surface area contributed by atoms with E-state index >= 15 is 0 Å².